The van der Waals surface area contributed by atoms with Crippen LogP contribution in [-0.4, -0.2) is 60.4 Å². The van der Waals surface area contributed by atoms with E-state index in [1.807, 2.05) is 6.07 Å². The number of aromatic nitrogens is 3. The van der Waals surface area contributed by atoms with E-state index < -0.39 is 4.92 Å². The molecule has 0 saturated carbocycles. The van der Waals surface area contributed by atoms with Crippen molar-refractivity contribution in [2.24, 2.45) is 0 Å². The van der Waals surface area contributed by atoms with Gasteiger partial charge >= 0.3 is 11.6 Å². The Balaban J connectivity index is 2.05. The summed E-state index contributed by atoms with van der Waals surface area (Å²) in [4.78, 5) is 25.6. The number of anilines is 1. The molecule has 0 spiro atoms. The zero-order chi connectivity index (χ0) is 21.5. The molecule has 11 heteroatoms. The number of rotatable bonds is 10. The van der Waals surface area contributed by atoms with Gasteiger partial charge in [0.25, 0.3) is 0 Å². The maximum Gasteiger partial charge on any atom is 0.373 e. The highest BCUT2D eigenvalue weighted by Gasteiger charge is 2.29. The monoisotopic (exact) mass is 477 g/mol. The molecular weight excluding hydrogens is 458 g/mol. The molecule has 3 aromatic rings. The van der Waals surface area contributed by atoms with E-state index in [0.717, 1.165) is 9.86 Å². The largest absolute Gasteiger partial charge is 0.431 e. The second-order valence-corrected chi connectivity index (χ2v) is 6.98. The number of hydrogen-bond donors (Lipinski definition) is 0. The Morgan fingerprint density at radius 1 is 1.10 bits per heavy atom. The third kappa shape index (κ3) is 4.81. The van der Waals surface area contributed by atoms with Crippen molar-refractivity contribution < 1.29 is 19.1 Å². The molecule has 0 radical (unpaired) electrons. The zero-order valence-electron chi connectivity index (χ0n) is 16.4. The molecule has 0 N–H and O–H groups in total. The van der Waals surface area contributed by atoms with Crippen molar-refractivity contribution in [3.05, 3.63) is 51.4 Å². The van der Waals surface area contributed by atoms with Crippen LogP contribution in [0.2, 0.25) is 0 Å². The van der Waals surface area contributed by atoms with Crippen LogP contribution in [0.5, 0.6) is 11.6 Å². The van der Waals surface area contributed by atoms with Crippen LogP contribution in [0.4, 0.5) is 11.5 Å². The fraction of sp³-hybridized carbons (Fsp3) is 0.316. The van der Waals surface area contributed by atoms with Crippen LogP contribution in [0.15, 0.2) is 41.3 Å². The van der Waals surface area contributed by atoms with Gasteiger partial charge in [0.05, 0.1) is 18.1 Å². The Morgan fingerprint density at radius 2 is 1.83 bits per heavy atom. The van der Waals surface area contributed by atoms with Crippen molar-refractivity contribution >= 4 is 38.3 Å². The predicted octanol–water partition coefficient (Wildman–Crippen LogP) is 3.59. The highest BCUT2D eigenvalue weighted by Crippen LogP contribution is 2.38. The van der Waals surface area contributed by atoms with Crippen LogP contribution in [0.1, 0.15) is 0 Å². The van der Waals surface area contributed by atoms with Crippen molar-refractivity contribution in [2.45, 2.75) is 0 Å². The van der Waals surface area contributed by atoms with Gasteiger partial charge in [-0.25, -0.2) is 4.98 Å². The molecule has 0 aliphatic carbocycles. The first-order valence-electron chi connectivity index (χ1n) is 9.00. The van der Waals surface area contributed by atoms with Crippen molar-refractivity contribution in [2.75, 3.05) is 45.4 Å². The lowest BCUT2D eigenvalue weighted by molar-refractivity contribution is -0.385. The summed E-state index contributed by atoms with van der Waals surface area (Å²) in [5.74, 6) is 0.314. The normalized spacial score (nSPS) is 10.9. The van der Waals surface area contributed by atoms with E-state index >= 15 is 0 Å². The fourth-order valence-electron chi connectivity index (χ4n) is 2.84. The molecule has 0 aliphatic rings. The summed E-state index contributed by atoms with van der Waals surface area (Å²) in [7, 11) is 3.12. The topological polar surface area (TPSA) is 113 Å². The summed E-state index contributed by atoms with van der Waals surface area (Å²) in [6, 6.07) is 7.14. The highest BCUT2D eigenvalue weighted by molar-refractivity contribution is 9.10. The van der Waals surface area contributed by atoms with Gasteiger partial charge in [0.2, 0.25) is 5.82 Å². The van der Waals surface area contributed by atoms with Crippen molar-refractivity contribution in [1.29, 1.82) is 0 Å². The highest BCUT2D eigenvalue weighted by atomic mass is 79.9. The fourth-order valence-corrected chi connectivity index (χ4v) is 3.30. The van der Waals surface area contributed by atoms with Gasteiger partial charge in [-0.15, -0.1) is 0 Å². The molecule has 0 unspecified atom stereocenters. The molecule has 1 aromatic carbocycles. The second kappa shape index (κ2) is 10.2. The van der Waals surface area contributed by atoms with Crippen LogP contribution >= 0.6 is 15.9 Å². The molecule has 0 fully saturated rings. The number of methoxy groups -OCH3 is 2. The molecule has 2 aromatic heterocycles. The third-order valence-corrected chi connectivity index (χ3v) is 4.96. The van der Waals surface area contributed by atoms with Crippen molar-refractivity contribution in [1.82, 2.24) is 15.0 Å². The second-order valence-electron chi connectivity index (χ2n) is 6.13. The number of hydrogen-bond acceptors (Lipinski definition) is 9. The Morgan fingerprint density at radius 3 is 2.50 bits per heavy atom. The van der Waals surface area contributed by atoms with Gasteiger partial charge in [0.15, 0.2) is 5.75 Å². The molecule has 0 bridgehead atoms. The molecule has 0 amide bonds. The number of fused-ring (bicyclic) bond motifs is 1. The van der Waals surface area contributed by atoms with Crippen LogP contribution in [0, 0.1) is 10.1 Å². The van der Waals surface area contributed by atoms with Gasteiger partial charge in [-0.1, -0.05) is 22.0 Å². The minimum atomic E-state index is -0.550. The number of pyridine rings is 1. The number of halogens is 1. The standard InChI is InChI=1S/C19H20BrN5O5/c1-28-10-8-24(9-11-29-2)18-17(25(26)27)19(23-12-22-18)30-15-6-5-14(20)13-4-3-7-21-16(13)15/h3-7,12H,8-11H2,1-2H3. The number of ether oxygens (including phenoxy) is 3. The van der Waals surface area contributed by atoms with Crippen LogP contribution in [0.25, 0.3) is 10.9 Å². The van der Waals surface area contributed by atoms with Gasteiger partial charge in [0, 0.05) is 43.4 Å². The maximum absolute atomic E-state index is 11.9. The molecule has 10 nitrogen and oxygen atoms in total. The molecule has 2 heterocycles. The lowest BCUT2D eigenvalue weighted by Crippen LogP contribution is -2.32. The van der Waals surface area contributed by atoms with E-state index in [9.17, 15) is 10.1 Å². The first-order valence-corrected chi connectivity index (χ1v) is 9.79. The minimum absolute atomic E-state index is 0.133. The SMILES string of the molecule is COCCN(CCOC)c1ncnc(Oc2ccc(Br)c3cccnc23)c1[N+](=O)[O-]. The minimum Gasteiger partial charge on any atom is -0.431 e. The summed E-state index contributed by atoms with van der Waals surface area (Å²) in [5.41, 5.74) is 0.216. The molecule has 0 aliphatic heterocycles. The van der Waals surface area contributed by atoms with E-state index in [1.165, 1.54) is 6.33 Å². The Labute approximate surface area is 181 Å². The number of nitrogens with zero attached hydrogens (tertiary/aromatic N) is 5. The number of benzene rings is 1. The summed E-state index contributed by atoms with van der Waals surface area (Å²) < 4.78 is 16.9. The first-order chi connectivity index (χ1) is 14.6. The number of nitro groups is 1. The maximum atomic E-state index is 11.9. The average molecular weight is 478 g/mol. The van der Waals surface area contributed by atoms with Crippen LogP contribution in [-0.2, 0) is 9.47 Å². The van der Waals surface area contributed by atoms with Crippen LogP contribution < -0.4 is 9.64 Å². The van der Waals surface area contributed by atoms with Gasteiger partial charge in [0.1, 0.15) is 11.8 Å². The molecule has 0 saturated heterocycles. The molecular formula is C19H20BrN5O5. The third-order valence-electron chi connectivity index (χ3n) is 4.27. The summed E-state index contributed by atoms with van der Waals surface area (Å²) in [6.45, 7) is 1.50. The average Bonchev–Trinajstić information content (AvgIpc) is 2.76. The zero-order valence-corrected chi connectivity index (χ0v) is 18.0. The quantitative estimate of drug-likeness (QED) is 0.319. The van der Waals surface area contributed by atoms with Gasteiger partial charge in [-0.3, -0.25) is 15.1 Å². The van der Waals surface area contributed by atoms with Gasteiger partial charge in [-0.2, -0.15) is 4.98 Å². The van der Waals surface area contributed by atoms with Crippen LogP contribution in [0.3, 0.4) is 0 Å². The Bertz CT molecular complexity index is 1030. The van der Waals surface area contributed by atoms with Crippen molar-refractivity contribution in [3.63, 3.8) is 0 Å². The predicted molar refractivity (Wildman–Crippen MR) is 114 cm³/mol. The summed E-state index contributed by atoms with van der Waals surface area (Å²) in [5, 5.41) is 12.7. The van der Waals surface area contributed by atoms with E-state index in [1.54, 1.807) is 43.5 Å². The smallest absolute Gasteiger partial charge is 0.373 e. The van der Waals surface area contributed by atoms with Crippen molar-refractivity contribution in [3.8, 4) is 11.6 Å². The van der Waals surface area contributed by atoms with E-state index in [2.05, 4.69) is 30.9 Å². The molecule has 0 atom stereocenters. The van der Waals surface area contributed by atoms with Gasteiger partial charge in [-0.05, 0) is 18.2 Å². The van der Waals surface area contributed by atoms with E-state index in [-0.39, 0.29) is 17.4 Å². The summed E-state index contributed by atoms with van der Waals surface area (Å²) >= 11 is 3.47. The molecule has 30 heavy (non-hydrogen) atoms. The lowest BCUT2D eigenvalue weighted by atomic mass is 10.2. The van der Waals surface area contributed by atoms with Gasteiger partial charge < -0.3 is 19.1 Å². The Hall–Kier alpha value is -2.89. The Kier molecular flexibility index (Phi) is 7.44. The first kappa shape index (κ1) is 21.8. The summed E-state index contributed by atoms with van der Waals surface area (Å²) in [6.07, 6.45) is 2.86. The van der Waals surface area contributed by atoms with E-state index in [4.69, 9.17) is 14.2 Å². The lowest BCUT2D eigenvalue weighted by Gasteiger charge is -2.23. The molecule has 158 valence electrons. The van der Waals surface area contributed by atoms with E-state index in [0.29, 0.717) is 37.6 Å². The molecule has 3 rings (SSSR count).